The van der Waals surface area contributed by atoms with E-state index in [1.165, 1.54) is 22.5 Å². The van der Waals surface area contributed by atoms with Crippen molar-refractivity contribution < 1.29 is 9.53 Å². The van der Waals surface area contributed by atoms with Crippen LogP contribution in [0, 0.1) is 13.8 Å². The molecule has 0 bridgehead atoms. The molecule has 1 aromatic carbocycles. The van der Waals surface area contributed by atoms with E-state index < -0.39 is 0 Å². The van der Waals surface area contributed by atoms with E-state index >= 15 is 0 Å². The summed E-state index contributed by atoms with van der Waals surface area (Å²) in [6.07, 6.45) is 0. The summed E-state index contributed by atoms with van der Waals surface area (Å²) in [6, 6.07) is 8.10. The zero-order valence-corrected chi connectivity index (χ0v) is 12.1. The molecule has 1 aromatic heterocycles. The molecule has 0 fully saturated rings. The first-order chi connectivity index (χ1) is 9.02. The number of anilines is 1. The number of carbonyl (C=O) groups excluding carboxylic acids is 1. The van der Waals surface area contributed by atoms with Crippen molar-refractivity contribution >= 4 is 23.0 Å². The zero-order chi connectivity index (χ0) is 14.0. The predicted octanol–water partition coefficient (Wildman–Crippen LogP) is 3.79. The summed E-state index contributed by atoms with van der Waals surface area (Å²) in [7, 11) is 0. The van der Waals surface area contributed by atoms with Crippen LogP contribution in [-0.2, 0) is 4.74 Å². The van der Waals surface area contributed by atoms with Gasteiger partial charge in [0.15, 0.2) is 0 Å². The molecule has 0 amide bonds. The van der Waals surface area contributed by atoms with Crippen molar-refractivity contribution in [3.63, 3.8) is 0 Å². The highest BCUT2D eigenvalue weighted by molar-refractivity contribution is 7.18. The quantitative estimate of drug-likeness (QED) is 0.867. The third kappa shape index (κ3) is 2.79. The molecular formula is C15H17NO2S. The Hall–Kier alpha value is -1.81. The van der Waals surface area contributed by atoms with Crippen LogP contribution in [-0.4, -0.2) is 12.6 Å². The second-order valence-electron chi connectivity index (χ2n) is 4.43. The van der Waals surface area contributed by atoms with E-state index in [0.29, 0.717) is 17.2 Å². The predicted molar refractivity (Wildman–Crippen MR) is 79.6 cm³/mol. The lowest BCUT2D eigenvalue weighted by Gasteiger charge is -2.04. The van der Waals surface area contributed by atoms with Crippen LogP contribution in [0.25, 0.3) is 10.4 Å². The van der Waals surface area contributed by atoms with Gasteiger partial charge in [-0.2, -0.15) is 0 Å². The van der Waals surface area contributed by atoms with Gasteiger partial charge < -0.3 is 10.5 Å². The van der Waals surface area contributed by atoms with Crippen molar-refractivity contribution in [2.75, 3.05) is 12.3 Å². The summed E-state index contributed by atoms with van der Waals surface area (Å²) in [5.74, 6) is -0.346. The van der Waals surface area contributed by atoms with Crippen LogP contribution in [0.15, 0.2) is 24.3 Å². The van der Waals surface area contributed by atoms with Crippen LogP contribution in [0.2, 0.25) is 0 Å². The Morgan fingerprint density at radius 1 is 1.32 bits per heavy atom. The Labute approximate surface area is 117 Å². The number of thiophene rings is 1. The van der Waals surface area contributed by atoms with Gasteiger partial charge in [-0.3, -0.25) is 0 Å². The minimum Gasteiger partial charge on any atom is -0.462 e. The molecule has 2 aromatic rings. The Morgan fingerprint density at radius 2 is 2.05 bits per heavy atom. The molecule has 0 aliphatic heterocycles. The van der Waals surface area contributed by atoms with E-state index in [1.807, 2.05) is 13.0 Å². The van der Waals surface area contributed by atoms with Crippen molar-refractivity contribution in [2.45, 2.75) is 20.8 Å². The molecule has 100 valence electrons. The SMILES string of the molecule is CCOC(=O)c1sc(-c2cc(C)ccc2C)cc1N. The van der Waals surface area contributed by atoms with Gasteiger partial charge in [0.2, 0.25) is 0 Å². The van der Waals surface area contributed by atoms with E-state index in [2.05, 4.69) is 25.1 Å². The number of ether oxygens (including phenoxy) is 1. The maximum atomic E-state index is 11.8. The molecule has 0 radical (unpaired) electrons. The van der Waals surface area contributed by atoms with E-state index in [-0.39, 0.29) is 5.97 Å². The highest BCUT2D eigenvalue weighted by Gasteiger charge is 2.17. The Kier molecular flexibility index (Phi) is 3.90. The zero-order valence-electron chi connectivity index (χ0n) is 11.3. The fourth-order valence-corrected chi connectivity index (χ4v) is 2.95. The smallest absolute Gasteiger partial charge is 0.350 e. The largest absolute Gasteiger partial charge is 0.462 e. The number of benzene rings is 1. The molecule has 1 heterocycles. The molecule has 19 heavy (non-hydrogen) atoms. The van der Waals surface area contributed by atoms with E-state index in [4.69, 9.17) is 10.5 Å². The van der Waals surface area contributed by atoms with Crippen LogP contribution in [0.3, 0.4) is 0 Å². The number of nitrogen functional groups attached to an aromatic ring is 1. The summed E-state index contributed by atoms with van der Waals surface area (Å²) in [4.78, 5) is 13.3. The summed E-state index contributed by atoms with van der Waals surface area (Å²) in [5.41, 5.74) is 9.87. The lowest BCUT2D eigenvalue weighted by atomic mass is 10.0. The van der Waals surface area contributed by atoms with Gasteiger partial charge in [0, 0.05) is 4.88 Å². The third-order valence-electron chi connectivity index (χ3n) is 2.88. The molecule has 4 heteroatoms. The lowest BCUT2D eigenvalue weighted by molar-refractivity contribution is 0.0533. The first-order valence-electron chi connectivity index (χ1n) is 6.17. The standard InChI is InChI=1S/C15H17NO2S/c1-4-18-15(17)14-12(16)8-13(19-14)11-7-9(2)5-6-10(11)3/h5-8H,4,16H2,1-3H3. The van der Waals surface area contributed by atoms with Crippen molar-refractivity contribution in [1.82, 2.24) is 0 Å². The molecule has 0 saturated heterocycles. The maximum absolute atomic E-state index is 11.8. The molecular weight excluding hydrogens is 258 g/mol. The van der Waals surface area contributed by atoms with Gasteiger partial charge in [0.05, 0.1) is 12.3 Å². The van der Waals surface area contributed by atoms with Crippen molar-refractivity contribution in [1.29, 1.82) is 0 Å². The lowest BCUT2D eigenvalue weighted by Crippen LogP contribution is -2.04. The van der Waals surface area contributed by atoms with Gasteiger partial charge >= 0.3 is 5.97 Å². The molecule has 3 nitrogen and oxygen atoms in total. The highest BCUT2D eigenvalue weighted by atomic mass is 32.1. The molecule has 0 saturated carbocycles. The number of rotatable bonds is 3. The normalized spacial score (nSPS) is 10.5. The molecule has 0 aliphatic carbocycles. The second-order valence-corrected chi connectivity index (χ2v) is 5.49. The summed E-state index contributed by atoms with van der Waals surface area (Å²) in [6.45, 7) is 6.24. The summed E-state index contributed by atoms with van der Waals surface area (Å²) >= 11 is 1.38. The van der Waals surface area contributed by atoms with Crippen LogP contribution in [0.1, 0.15) is 27.7 Å². The Balaban J connectivity index is 2.44. The number of nitrogens with two attached hydrogens (primary N) is 1. The first kappa shape index (κ1) is 13.6. The second kappa shape index (κ2) is 5.45. The van der Waals surface area contributed by atoms with Crippen LogP contribution >= 0.6 is 11.3 Å². The first-order valence-corrected chi connectivity index (χ1v) is 6.98. The third-order valence-corrected chi connectivity index (χ3v) is 4.04. The molecule has 2 rings (SSSR count). The van der Waals surface area contributed by atoms with Gasteiger partial charge in [-0.15, -0.1) is 11.3 Å². The Morgan fingerprint density at radius 3 is 2.74 bits per heavy atom. The molecule has 2 N–H and O–H groups in total. The van der Waals surface area contributed by atoms with Gasteiger partial charge in [-0.05, 0) is 38.0 Å². The molecule has 0 unspecified atom stereocenters. The number of esters is 1. The number of aryl methyl sites for hydroxylation is 2. The molecule has 0 aliphatic rings. The molecule has 0 spiro atoms. The van der Waals surface area contributed by atoms with E-state index in [0.717, 1.165) is 10.4 Å². The minimum absolute atomic E-state index is 0.346. The maximum Gasteiger partial charge on any atom is 0.350 e. The topological polar surface area (TPSA) is 52.3 Å². The average Bonchev–Trinajstić information content (AvgIpc) is 2.74. The van der Waals surface area contributed by atoms with Crippen molar-refractivity contribution in [2.24, 2.45) is 0 Å². The number of hydrogen-bond acceptors (Lipinski definition) is 4. The van der Waals surface area contributed by atoms with E-state index in [9.17, 15) is 4.79 Å². The summed E-state index contributed by atoms with van der Waals surface area (Å²) < 4.78 is 5.00. The number of hydrogen-bond donors (Lipinski definition) is 1. The van der Waals surface area contributed by atoms with Crippen LogP contribution < -0.4 is 5.73 Å². The van der Waals surface area contributed by atoms with Gasteiger partial charge in [0.25, 0.3) is 0 Å². The van der Waals surface area contributed by atoms with Gasteiger partial charge in [-0.1, -0.05) is 23.8 Å². The fourth-order valence-electron chi connectivity index (χ4n) is 1.90. The fraction of sp³-hybridized carbons (Fsp3) is 0.267. The van der Waals surface area contributed by atoms with Crippen molar-refractivity contribution in [3.8, 4) is 10.4 Å². The van der Waals surface area contributed by atoms with Gasteiger partial charge in [0.1, 0.15) is 4.88 Å². The molecule has 0 atom stereocenters. The minimum atomic E-state index is -0.346. The van der Waals surface area contributed by atoms with Crippen LogP contribution in [0.5, 0.6) is 0 Å². The monoisotopic (exact) mass is 275 g/mol. The van der Waals surface area contributed by atoms with Crippen LogP contribution in [0.4, 0.5) is 5.69 Å². The number of carbonyl (C=O) groups is 1. The van der Waals surface area contributed by atoms with Crippen molar-refractivity contribution in [3.05, 3.63) is 40.3 Å². The highest BCUT2D eigenvalue weighted by Crippen LogP contribution is 2.35. The Bertz CT molecular complexity index is 617. The average molecular weight is 275 g/mol. The van der Waals surface area contributed by atoms with Gasteiger partial charge in [-0.25, -0.2) is 4.79 Å². The summed E-state index contributed by atoms with van der Waals surface area (Å²) in [5, 5.41) is 0. The van der Waals surface area contributed by atoms with E-state index in [1.54, 1.807) is 6.92 Å².